The number of likely N-dealkylation sites (tertiary alicyclic amines) is 1. The summed E-state index contributed by atoms with van der Waals surface area (Å²) in [6.07, 6.45) is 4.67. The van der Waals surface area contributed by atoms with Crippen LogP contribution in [-0.2, 0) is 0 Å². The Labute approximate surface area is 205 Å². The first-order valence-corrected chi connectivity index (χ1v) is 12.4. The summed E-state index contributed by atoms with van der Waals surface area (Å²) >= 11 is 0. The summed E-state index contributed by atoms with van der Waals surface area (Å²) in [7, 11) is 2.13. The molecule has 2 bridgehead atoms. The number of likely N-dealkylation sites (N-methyl/N-ethyl adjacent to an activating group) is 1. The molecule has 2 aromatic carbocycles. The maximum atomic E-state index is 10.2. The highest BCUT2D eigenvalue weighted by Crippen LogP contribution is 2.26. The molecule has 4 heterocycles. The van der Waals surface area contributed by atoms with Crippen LogP contribution in [0.15, 0.2) is 36.4 Å². The third-order valence-corrected chi connectivity index (χ3v) is 7.33. The van der Waals surface area contributed by atoms with Crippen LogP contribution in [0.25, 0.3) is 10.8 Å². The van der Waals surface area contributed by atoms with Crippen LogP contribution in [0.5, 0.6) is 11.8 Å². The summed E-state index contributed by atoms with van der Waals surface area (Å²) < 4.78 is 6.09. The first-order chi connectivity index (χ1) is 17.1. The second-order valence-electron chi connectivity index (χ2n) is 9.84. The predicted molar refractivity (Wildman–Crippen MR) is 135 cm³/mol. The molecule has 35 heavy (non-hydrogen) atoms. The molecule has 0 saturated carbocycles. The molecule has 3 aromatic rings. The van der Waals surface area contributed by atoms with Crippen LogP contribution in [0.2, 0.25) is 0 Å². The molecule has 2 N–H and O–H groups in total. The van der Waals surface area contributed by atoms with Crippen LogP contribution in [0, 0.1) is 11.8 Å². The Bertz CT molecular complexity index is 1290. The van der Waals surface area contributed by atoms with Gasteiger partial charge < -0.3 is 25.0 Å². The summed E-state index contributed by atoms with van der Waals surface area (Å²) in [5.74, 6) is 7.48. The molecule has 3 fully saturated rings. The molecule has 180 valence electrons. The van der Waals surface area contributed by atoms with E-state index >= 15 is 0 Å². The lowest BCUT2D eigenvalue weighted by molar-refractivity contribution is 0.187. The van der Waals surface area contributed by atoms with Crippen molar-refractivity contribution < 1.29 is 9.84 Å². The van der Waals surface area contributed by atoms with Crippen molar-refractivity contribution in [1.82, 2.24) is 25.2 Å². The fraction of sp³-hybridized carbons (Fsp3) is 0.444. The normalized spacial score (nSPS) is 23.9. The molecule has 3 saturated heterocycles. The quantitative estimate of drug-likeness (QED) is 0.563. The fourth-order valence-corrected chi connectivity index (χ4v) is 5.45. The monoisotopic (exact) mass is 470 g/mol. The number of anilines is 1. The second kappa shape index (κ2) is 9.33. The molecule has 3 aliphatic heterocycles. The van der Waals surface area contributed by atoms with Crippen LogP contribution in [0.3, 0.4) is 0 Å². The van der Waals surface area contributed by atoms with Gasteiger partial charge in [-0.3, -0.25) is 0 Å². The van der Waals surface area contributed by atoms with E-state index in [0.717, 1.165) is 42.4 Å². The minimum absolute atomic E-state index is 0.185. The summed E-state index contributed by atoms with van der Waals surface area (Å²) in [5, 5.41) is 15.7. The number of nitrogens with one attached hydrogen (secondary N) is 1. The van der Waals surface area contributed by atoms with Crippen molar-refractivity contribution in [3.05, 3.63) is 47.8 Å². The van der Waals surface area contributed by atoms with Gasteiger partial charge >= 0.3 is 6.01 Å². The van der Waals surface area contributed by atoms with Crippen LogP contribution in [0.1, 0.15) is 37.1 Å². The van der Waals surface area contributed by atoms with Crippen LogP contribution >= 0.6 is 0 Å². The van der Waals surface area contributed by atoms with Gasteiger partial charge in [-0.05, 0) is 68.1 Å². The predicted octanol–water partition coefficient (Wildman–Crippen LogP) is 2.54. The largest absolute Gasteiger partial charge is 0.508 e. The van der Waals surface area contributed by atoms with Gasteiger partial charge in [-0.2, -0.15) is 15.0 Å². The summed E-state index contributed by atoms with van der Waals surface area (Å²) in [6.45, 7) is 3.39. The van der Waals surface area contributed by atoms with Crippen molar-refractivity contribution in [3.63, 3.8) is 0 Å². The lowest BCUT2D eigenvalue weighted by Crippen LogP contribution is -2.51. The number of nitrogens with zero attached hydrogens (tertiary/aromatic N) is 5. The Morgan fingerprint density at radius 3 is 2.69 bits per heavy atom. The lowest BCUT2D eigenvalue weighted by atomic mass is 10.0. The number of fused-ring (bicyclic) bond motifs is 3. The van der Waals surface area contributed by atoms with Crippen molar-refractivity contribution in [2.24, 2.45) is 0 Å². The number of benzene rings is 2. The van der Waals surface area contributed by atoms with E-state index in [1.165, 1.54) is 19.3 Å². The van der Waals surface area contributed by atoms with Gasteiger partial charge in [0.1, 0.15) is 12.4 Å². The van der Waals surface area contributed by atoms with Gasteiger partial charge in [-0.15, -0.1) is 0 Å². The number of hydrogen-bond donors (Lipinski definition) is 2. The fourth-order valence-electron chi connectivity index (χ4n) is 5.45. The van der Waals surface area contributed by atoms with E-state index in [4.69, 9.17) is 9.72 Å². The summed E-state index contributed by atoms with van der Waals surface area (Å²) in [6, 6.07) is 12.9. The smallest absolute Gasteiger partial charge is 0.322 e. The van der Waals surface area contributed by atoms with Crippen molar-refractivity contribution in [3.8, 4) is 23.6 Å². The third kappa shape index (κ3) is 4.75. The topological polar surface area (TPSA) is 86.6 Å². The van der Waals surface area contributed by atoms with E-state index in [2.05, 4.69) is 44.0 Å². The Morgan fingerprint density at radius 2 is 1.89 bits per heavy atom. The number of hydrogen-bond acceptors (Lipinski definition) is 8. The molecular formula is C27H30N6O2. The SMILES string of the molecule is CN1CCC[C@H]1COc1nc(C#Cc2cc(O)cc3ccccc23)nc(N2C[C@H]3CC[C@@H](C2)N3)n1. The van der Waals surface area contributed by atoms with E-state index in [1.54, 1.807) is 12.1 Å². The highest BCUT2D eigenvalue weighted by Gasteiger charge is 2.33. The van der Waals surface area contributed by atoms with Crippen LogP contribution < -0.4 is 15.0 Å². The second-order valence-corrected chi connectivity index (χ2v) is 9.84. The minimum Gasteiger partial charge on any atom is -0.508 e. The molecule has 6 rings (SSSR count). The van der Waals surface area contributed by atoms with Crippen molar-refractivity contribution in [2.45, 2.75) is 43.8 Å². The number of piperazine rings is 1. The highest BCUT2D eigenvalue weighted by molar-refractivity contribution is 5.89. The average Bonchev–Trinajstić information content (AvgIpc) is 3.44. The Hall–Kier alpha value is -3.41. The molecule has 0 spiro atoms. The van der Waals surface area contributed by atoms with Gasteiger partial charge in [0.25, 0.3) is 0 Å². The number of phenolic OH excluding ortho intramolecular Hbond substituents is 1. The molecule has 3 atom stereocenters. The number of phenols is 1. The highest BCUT2D eigenvalue weighted by atomic mass is 16.5. The maximum Gasteiger partial charge on any atom is 0.322 e. The van der Waals surface area contributed by atoms with E-state index in [9.17, 15) is 5.11 Å². The molecule has 0 radical (unpaired) electrons. The van der Waals surface area contributed by atoms with E-state index in [1.807, 2.05) is 24.3 Å². The van der Waals surface area contributed by atoms with Gasteiger partial charge in [0.2, 0.25) is 11.8 Å². The standard InChI is InChI=1S/C27H30N6O2/c1-32-12-4-6-22(32)17-35-27-30-25(29-26(31-27)33-15-20-9-10-21(16-33)28-20)11-8-19-14-23(34)13-18-5-2-3-7-24(18)19/h2-3,5,7,13-14,20-22,28,34H,4,6,9-10,12,15-17H2,1H3/t20-,21+,22-/m0/s1. The van der Waals surface area contributed by atoms with Gasteiger partial charge in [0.15, 0.2) is 0 Å². The molecule has 0 aliphatic carbocycles. The molecule has 8 nitrogen and oxygen atoms in total. The number of aromatic nitrogens is 3. The van der Waals surface area contributed by atoms with Crippen molar-refractivity contribution in [2.75, 3.05) is 38.2 Å². The Balaban J connectivity index is 1.33. The van der Waals surface area contributed by atoms with Crippen LogP contribution in [-0.4, -0.2) is 76.4 Å². The van der Waals surface area contributed by atoms with Gasteiger partial charge in [-0.1, -0.05) is 30.2 Å². The zero-order valence-corrected chi connectivity index (χ0v) is 19.9. The minimum atomic E-state index is 0.185. The zero-order chi connectivity index (χ0) is 23.8. The molecule has 3 aliphatic rings. The lowest BCUT2D eigenvalue weighted by Gasteiger charge is -2.32. The van der Waals surface area contributed by atoms with Crippen molar-refractivity contribution >= 4 is 16.7 Å². The van der Waals surface area contributed by atoms with Gasteiger partial charge in [0, 0.05) is 36.8 Å². The number of ether oxygens (including phenoxy) is 1. The van der Waals surface area contributed by atoms with E-state index < -0.39 is 0 Å². The molecule has 1 aromatic heterocycles. The van der Waals surface area contributed by atoms with E-state index in [0.29, 0.717) is 42.5 Å². The first kappa shape index (κ1) is 22.1. The molecule has 0 unspecified atom stereocenters. The molecule has 0 amide bonds. The summed E-state index contributed by atoms with van der Waals surface area (Å²) in [4.78, 5) is 18.5. The molecule has 8 heteroatoms. The maximum absolute atomic E-state index is 10.2. The van der Waals surface area contributed by atoms with Gasteiger partial charge in [-0.25, -0.2) is 0 Å². The van der Waals surface area contributed by atoms with Gasteiger partial charge in [0.05, 0.1) is 0 Å². The number of rotatable bonds is 4. The summed E-state index contributed by atoms with van der Waals surface area (Å²) in [5.41, 5.74) is 0.734. The molecular weight excluding hydrogens is 440 g/mol. The Morgan fingerprint density at radius 1 is 1.06 bits per heavy atom. The van der Waals surface area contributed by atoms with Crippen molar-refractivity contribution in [1.29, 1.82) is 0 Å². The zero-order valence-electron chi connectivity index (χ0n) is 19.9. The Kier molecular flexibility index (Phi) is 5.88. The van der Waals surface area contributed by atoms with Crippen LogP contribution in [0.4, 0.5) is 5.95 Å². The first-order valence-electron chi connectivity index (χ1n) is 12.4. The van der Waals surface area contributed by atoms with E-state index in [-0.39, 0.29) is 5.75 Å². The number of aromatic hydroxyl groups is 1. The average molecular weight is 471 g/mol. The third-order valence-electron chi connectivity index (χ3n) is 7.33.